The monoisotopic (exact) mass is 490 g/mol. The van der Waals surface area contributed by atoms with Gasteiger partial charge in [0.1, 0.15) is 0 Å². The summed E-state index contributed by atoms with van der Waals surface area (Å²) in [5.41, 5.74) is 13.6. The van der Waals surface area contributed by atoms with Crippen LogP contribution in [0.1, 0.15) is 36.1 Å². The maximum atomic E-state index is 2.42. The first-order valence-corrected chi connectivity index (χ1v) is 13.5. The highest BCUT2D eigenvalue weighted by atomic mass is 14.9. The lowest BCUT2D eigenvalue weighted by atomic mass is 9.81. The van der Waals surface area contributed by atoms with Crippen LogP contribution in [0.2, 0.25) is 0 Å². The summed E-state index contributed by atoms with van der Waals surface area (Å²) in [4.78, 5) is 0. The van der Waals surface area contributed by atoms with Gasteiger partial charge in [-0.1, -0.05) is 80.6 Å². The highest BCUT2D eigenvalue weighted by Gasteiger charge is 2.37. The van der Waals surface area contributed by atoms with Gasteiger partial charge < -0.3 is 9.13 Å². The number of fused-ring (bicyclic) bond motifs is 10. The van der Waals surface area contributed by atoms with Crippen LogP contribution in [-0.4, -0.2) is 9.13 Å². The standard InChI is InChI=1S/C36H30N2/c1-36(2)30-11-7-5-9-24(30)26-15-16-27-29-21-23(14-18-33(29)38(4)35(27)34(26)36)19-22-13-17-32-28(20-22)25-10-6-8-12-31(25)37(32)3/h5-18,20-21H,19H2,1-4H3. The van der Waals surface area contributed by atoms with E-state index < -0.39 is 0 Å². The van der Waals surface area contributed by atoms with Gasteiger partial charge in [0.05, 0.1) is 5.52 Å². The number of hydrogen-bond acceptors (Lipinski definition) is 0. The Kier molecular flexibility index (Phi) is 4.23. The average Bonchev–Trinajstić information content (AvgIpc) is 3.48. The molecule has 0 saturated carbocycles. The minimum Gasteiger partial charge on any atom is -0.344 e. The van der Waals surface area contributed by atoms with E-state index in [9.17, 15) is 0 Å². The molecule has 2 heteroatoms. The molecule has 5 aromatic carbocycles. The van der Waals surface area contributed by atoms with Gasteiger partial charge in [-0.25, -0.2) is 0 Å². The van der Waals surface area contributed by atoms with Crippen LogP contribution in [0.25, 0.3) is 54.7 Å². The molecule has 38 heavy (non-hydrogen) atoms. The molecule has 0 fully saturated rings. The fraction of sp³-hybridized carbons (Fsp3) is 0.167. The molecular formula is C36H30N2. The molecule has 0 N–H and O–H groups in total. The van der Waals surface area contributed by atoms with Gasteiger partial charge in [0.25, 0.3) is 0 Å². The Balaban J connectivity index is 1.28. The lowest BCUT2D eigenvalue weighted by molar-refractivity contribution is 0.662. The third kappa shape index (κ3) is 2.73. The lowest BCUT2D eigenvalue weighted by Crippen LogP contribution is -2.16. The minimum absolute atomic E-state index is 0.0235. The molecule has 0 spiro atoms. The van der Waals surface area contributed by atoms with Gasteiger partial charge in [-0.15, -0.1) is 0 Å². The Morgan fingerprint density at radius 3 is 1.97 bits per heavy atom. The van der Waals surface area contributed by atoms with Crippen LogP contribution >= 0.6 is 0 Å². The first-order chi connectivity index (χ1) is 18.4. The quantitative estimate of drug-likeness (QED) is 0.229. The van der Waals surface area contributed by atoms with Crippen LogP contribution in [-0.2, 0) is 25.9 Å². The highest BCUT2D eigenvalue weighted by Crippen LogP contribution is 2.52. The molecule has 7 aromatic rings. The number of benzene rings is 5. The van der Waals surface area contributed by atoms with Crippen molar-refractivity contribution in [1.29, 1.82) is 0 Å². The van der Waals surface area contributed by atoms with E-state index in [1.165, 1.54) is 77.0 Å². The van der Waals surface area contributed by atoms with Crippen molar-refractivity contribution in [2.75, 3.05) is 0 Å². The summed E-state index contributed by atoms with van der Waals surface area (Å²) in [6, 6.07) is 36.3. The molecule has 184 valence electrons. The van der Waals surface area contributed by atoms with Crippen molar-refractivity contribution in [3.05, 3.63) is 119 Å². The zero-order chi connectivity index (χ0) is 25.8. The maximum Gasteiger partial charge on any atom is 0.0536 e. The molecule has 1 aliphatic rings. The Morgan fingerprint density at radius 1 is 0.553 bits per heavy atom. The summed E-state index contributed by atoms with van der Waals surface area (Å²) in [5.74, 6) is 0. The molecule has 0 aliphatic heterocycles. The number of para-hydroxylation sites is 1. The summed E-state index contributed by atoms with van der Waals surface area (Å²) >= 11 is 0. The molecule has 2 nitrogen and oxygen atoms in total. The van der Waals surface area contributed by atoms with Gasteiger partial charge in [0.2, 0.25) is 0 Å². The third-order valence-electron chi connectivity index (χ3n) is 9.13. The molecule has 0 saturated heterocycles. The Hall–Kier alpha value is -4.30. The summed E-state index contributed by atoms with van der Waals surface area (Å²) in [6.45, 7) is 4.76. The van der Waals surface area contributed by atoms with Crippen LogP contribution in [0.4, 0.5) is 0 Å². The zero-order valence-corrected chi connectivity index (χ0v) is 22.3. The van der Waals surface area contributed by atoms with Crippen LogP contribution in [0, 0.1) is 0 Å². The van der Waals surface area contributed by atoms with Crippen LogP contribution in [0.15, 0.2) is 97.1 Å². The van der Waals surface area contributed by atoms with Gasteiger partial charge in [-0.3, -0.25) is 0 Å². The molecule has 0 atom stereocenters. The van der Waals surface area contributed by atoms with E-state index in [1.807, 2.05) is 0 Å². The summed E-state index contributed by atoms with van der Waals surface area (Å²) < 4.78 is 4.72. The number of aromatic nitrogens is 2. The molecule has 0 radical (unpaired) electrons. The molecule has 2 heterocycles. The molecule has 8 rings (SSSR count). The maximum absolute atomic E-state index is 2.42. The molecule has 0 unspecified atom stereocenters. The summed E-state index contributed by atoms with van der Waals surface area (Å²) in [6.07, 6.45) is 0.924. The van der Waals surface area contributed by atoms with Gasteiger partial charge in [-0.05, 0) is 70.1 Å². The molecule has 0 amide bonds. The predicted molar refractivity (Wildman–Crippen MR) is 161 cm³/mol. The van der Waals surface area contributed by atoms with E-state index >= 15 is 0 Å². The number of hydrogen-bond donors (Lipinski definition) is 0. The van der Waals surface area contributed by atoms with Crippen LogP contribution < -0.4 is 0 Å². The van der Waals surface area contributed by atoms with E-state index in [1.54, 1.807) is 0 Å². The number of aryl methyl sites for hydroxylation is 2. The normalized spacial score (nSPS) is 14.1. The SMILES string of the molecule is Cn1c2ccccc2c2cc(Cc3ccc4c(c3)c3ccc5c(c3n4C)C(C)(C)c3ccccc3-5)ccc21. The largest absolute Gasteiger partial charge is 0.344 e. The van der Waals surface area contributed by atoms with Crippen molar-refractivity contribution < 1.29 is 0 Å². The Morgan fingerprint density at radius 2 is 1.18 bits per heavy atom. The van der Waals surface area contributed by atoms with E-state index in [4.69, 9.17) is 0 Å². The zero-order valence-electron chi connectivity index (χ0n) is 22.3. The van der Waals surface area contributed by atoms with Crippen molar-refractivity contribution >= 4 is 43.6 Å². The van der Waals surface area contributed by atoms with Gasteiger partial charge in [-0.2, -0.15) is 0 Å². The first-order valence-electron chi connectivity index (χ1n) is 13.5. The number of nitrogens with zero attached hydrogens (tertiary/aromatic N) is 2. The van der Waals surface area contributed by atoms with Crippen LogP contribution in [0.5, 0.6) is 0 Å². The Labute approximate surface area is 222 Å². The summed E-state index contributed by atoms with van der Waals surface area (Å²) in [7, 11) is 4.40. The predicted octanol–water partition coefficient (Wildman–Crippen LogP) is 8.87. The second-order valence-corrected chi connectivity index (χ2v) is 11.6. The highest BCUT2D eigenvalue weighted by molar-refractivity contribution is 6.12. The van der Waals surface area contributed by atoms with Crippen molar-refractivity contribution in [3.8, 4) is 11.1 Å². The molecule has 1 aliphatic carbocycles. The summed E-state index contributed by atoms with van der Waals surface area (Å²) in [5, 5.41) is 5.37. The number of rotatable bonds is 2. The van der Waals surface area contributed by atoms with Crippen molar-refractivity contribution in [3.63, 3.8) is 0 Å². The fourth-order valence-corrected chi connectivity index (χ4v) is 7.29. The van der Waals surface area contributed by atoms with Crippen molar-refractivity contribution in [2.24, 2.45) is 14.1 Å². The van der Waals surface area contributed by atoms with E-state index in [0.29, 0.717) is 0 Å². The fourth-order valence-electron chi connectivity index (χ4n) is 7.29. The third-order valence-corrected chi connectivity index (χ3v) is 9.13. The van der Waals surface area contributed by atoms with Crippen molar-refractivity contribution in [2.45, 2.75) is 25.7 Å². The second-order valence-electron chi connectivity index (χ2n) is 11.6. The minimum atomic E-state index is -0.0235. The smallest absolute Gasteiger partial charge is 0.0536 e. The molecule has 0 bridgehead atoms. The van der Waals surface area contributed by atoms with E-state index in [0.717, 1.165) is 6.42 Å². The second kappa shape index (κ2) is 7.39. The average molecular weight is 491 g/mol. The van der Waals surface area contributed by atoms with Crippen LogP contribution in [0.3, 0.4) is 0 Å². The Bertz CT molecular complexity index is 2100. The molecule has 2 aromatic heterocycles. The topological polar surface area (TPSA) is 9.86 Å². The van der Waals surface area contributed by atoms with Gasteiger partial charge in [0, 0.05) is 57.6 Å². The van der Waals surface area contributed by atoms with Crippen molar-refractivity contribution in [1.82, 2.24) is 9.13 Å². The van der Waals surface area contributed by atoms with E-state index in [-0.39, 0.29) is 5.41 Å². The van der Waals surface area contributed by atoms with E-state index in [2.05, 4.69) is 134 Å². The molecular weight excluding hydrogens is 460 g/mol. The van der Waals surface area contributed by atoms with Gasteiger partial charge in [0.15, 0.2) is 0 Å². The first kappa shape index (κ1) is 21.8. The van der Waals surface area contributed by atoms with Gasteiger partial charge >= 0.3 is 0 Å². The lowest BCUT2D eigenvalue weighted by Gasteiger charge is -2.23.